The third kappa shape index (κ3) is 9.77. The predicted octanol–water partition coefficient (Wildman–Crippen LogP) is 3.60. The van der Waals surface area contributed by atoms with E-state index in [0.717, 1.165) is 19.3 Å². The molecule has 2 unspecified atom stereocenters. The summed E-state index contributed by atoms with van der Waals surface area (Å²) >= 11 is 1.72. The summed E-state index contributed by atoms with van der Waals surface area (Å²) in [6, 6.07) is 0. The van der Waals surface area contributed by atoms with Crippen LogP contribution in [-0.2, 0) is 9.53 Å². The topological polar surface area (TPSA) is 46.5 Å². The first-order valence-corrected chi connectivity index (χ1v) is 7.89. The van der Waals surface area contributed by atoms with Crippen LogP contribution in [0.4, 0.5) is 0 Å². The molecule has 3 nitrogen and oxygen atoms in total. The Morgan fingerprint density at radius 1 is 1.22 bits per heavy atom. The van der Waals surface area contributed by atoms with Gasteiger partial charge in [-0.1, -0.05) is 40.5 Å². The van der Waals surface area contributed by atoms with E-state index in [2.05, 4.69) is 27.7 Å². The Kier molecular flexibility index (Phi) is 10.5. The molecule has 0 aliphatic heterocycles. The number of rotatable bonds is 10. The number of thioether (sulfide) groups is 1. The van der Waals surface area contributed by atoms with E-state index in [4.69, 9.17) is 9.84 Å². The maximum Gasteiger partial charge on any atom is 0.332 e. The number of carbonyl (C=O) groups excluding carboxylic acids is 1. The molecule has 0 heterocycles. The van der Waals surface area contributed by atoms with Crippen LogP contribution in [0.2, 0.25) is 0 Å². The number of esters is 1. The molecular weight excluding hydrogens is 248 g/mol. The molecule has 1 N–H and O–H groups in total. The Balaban J connectivity index is 4.13. The lowest BCUT2D eigenvalue weighted by atomic mass is 10.1. The minimum absolute atomic E-state index is 0.112. The number of ether oxygens (including phenoxy) is 1. The first kappa shape index (κ1) is 17.8. The van der Waals surface area contributed by atoms with Crippen LogP contribution in [0.5, 0.6) is 0 Å². The van der Waals surface area contributed by atoms with E-state index >= 15 is 0 Å². The van der Waals surface area contributed by atoms with Gasteiger partial charge in [0, 0.05) is 5.25 Å². The summed E-state index contributed by atoms with van der Waals surface area (Å²) in [4.78, 5) is 11.2. The number of hydrogen-bond donors (Lipinski definition) is 1. The minimum Gasteiger partial charge on any atom is -0.450 e. The smallest absolute Gasteiger partial charge is 0.332 e. The van der Waals surface area contributed by atoms with E-state index in [1.165, 1.54) is 12.8 Å². The standard InChI is InChI=1S/C14H28O3S/c1-5-6-7-12(4)18-14(9-8-11(2)3)17-13(16)10-15/h11-12,14-15H,5-10H2,1-4H3. The summed E-state index contributed by atoms with van der Waals surface area (Å²) in [6.45, 7) is 8.16. The summed E-state index contributed by atoms with van der Waals surface area (Å²) in [5, 5.41) is 9.25. The Labute approximate surface area is 116 Å². The fraction of sp³-hybridized carbons (Fsp3) is 0.929. The molecule has 108 valence electrons. The van der Waals surface area contributed by atoms with Gasteiger partial charge in [-0.2, -0.15) is 0 Å². The highest BCUT2D eigenvalue weighted by Crippen LogP contribution is 2.27. The molecule has 2 atom stereocenters. The van der Waals surface area contributed by atoms with Crippen LogP contribution in [0.3, 0.4) is 0 Å². The average molecular weight is 276 g/mol. The number of aliphatic hydroxyl groups excluding tert-OH is 1. The Hall–Kier alpha value is -0.220. The van der Waals surface area contributed by atoms with E-state index in [0.29, 0.717) is 11.2 Å². The molecule has 0 saturated heterocycles. The van der Waals surface area contributed by atoms with Crippen LogP contribution < -0.4 is 0 Å². The fourth-order valence-electron chi connectivity index (χ4n) is 1.63. The SMILES string of the molecule is CCCCC(C)SC(CCC(C)C)OC(=O)CO. The summed E-state index contributed by atoms with van der Waals surface area (Å²) in [5.41, 5.74) is -0.112. The lowest BCUT2D eigenvalue weighted by Crippen LogP contribution is -2.20. The maximum absolute atomic E-state index is 11.2. The molecule has 0 aliphatic carbocycles. The van der Waals surface area contributed by atoms with E-state index in [9.17, 15) is 4.79 Å². The van der Waals surface area contributed by atoms with Gasteiger partial charge in [0.1, 0.15) is 12.0 Å². The second-order valence-corrected chi connectivity index (χ2v) is 6.74. The van der Waals surface area contributed by atoms with Gasteiger partial charge in [-0.05, 0) is 25.2 Å². The Morgan fingerprint density at radius 2 is 1.89 bits per heavy atom. The van der Waals surface area contributed by atoms with Crippen LogP contribution in [-0.4, -0.2) is 28.4 Å². The van der Waals surface area contributed by atoms with Crippen molar-refractivity contribution in [3.63, 3.8) is 0 Å². The summed E-state index contributed by atoms with van der Waals surface area (Å²) < 4.78 is 5.27. The van der Waals surface area contributed by atoms with E-state index in [-0.39, 0.29) is 5.44 Å². The average Bonchev–Trinajstić information content (AvgIpc) is 2.33. The third-order valence-corrected chi connectivity index (χ3v) is 4.06. The molecule has 0 spiro atoms. The van der Waals surface area contributed by atoms with Crippen molar-refractivity contribution in [2.24, 2.45) is 5.92 Å². The van der Waals surface area contributed by atoms with Crippen molar-refractivity contribution in [1.29, 1.82) is 0 Å². The van der Waals surface area contributed by atoms with Gasteiger partial charge in [0.05, 0.1) is 0 Å². The van der Waals surface area contributed by atoms with Gasteiger partial charge >= 0.3 is 5.97 Å². The van der Waals surface area contributed by atoms with Gasteiger partial charge < -0.3 is 9.84 Å². The Bertz CT molecular complexity index is 219. The van der Waals surface area contributed by atoms with E-state index in [1.54, 1.807) is 11.8 Å². The first-order chi connectivity index (χ1) is 8.49. The number of aliphatic hydroxyl groups is 1. The molecule has 0 fully saturated rings. The molecule has 4 heteroatoms. The number of unbranched alkanes of at least 4 members (excludes halogenated alkanes) is 1. The van der Waals surface area contributed by atoms with Crippen LogP contribution in [0, 0.1) is 5.92 Å². The number of hydrogen-bond acceptors (Lipinski definition) is 4. The highest BCUT2D eigenvalue weighted by atomic mass is 32.2. The van der Waals surface area contributed by atoms with Crippen LogP contribution in [0.25, 0.3) is 0 Å². The zero-order valence-electron chi connectivity index (χ0n) is 12.1. The predicted molar refractivity (Wildman–Crippen MR) is 77.6 cm³/mol. The second kappa shape index (κ2) is 10.7. The lowest BCUT2D eigenvalue weighted by molar-refractivity contribution is -0.148. The maximum atomic E-state index is 11.2. The molecule has 0 aromatic rings. The molecular formula is C14H28O3S. The highest BCUT2D eigenvalue weighted by Gasteiger charge is 2.18. The Morgan fingerprint density at radius 3 is 2.39 bits per heavy atom. The van der Waals surface area contributed by atoms with Crippen molar-refractivity contribution in [2.45, 2.75) is 70.5 Å². The first-order valence-electron chi connectivity index (χ1n) is 6.95. The van der Waals surface area contributed by atoms with E-state index < -0.39 is 12.6 Å². The van der Waals surface area contributed by atoms with Gasteiger partial charge in [-0.3, -0.25) is 0 Å². The van der Waals surface area contributed by atoms with Crippen molar-refractivity contribution < 1.29 is 14.6 Å². The molecule has 0 saturated carbocycles. The zero-order valence-corrected chi connectivity index (χ0v) is 13.0. The quantitative estimate of drug-likeness (QED) is 0.489. The van der Waals surface area contributed by atoms with Gasteiger partial charge in [-0.25, -0.2) is 4.79 Å². The molecule has 0 aliphatic rings. The molecule has 0 aromatic heterocycles. The fourth-order valence-corrected chi connectivity index (χ4v) is 2.88. The largest absolute Gasteiger partial charge is 0.450 e. The van der Waals surface area contributed by atoms with Gasteiger partial charge in [-0.15, -0.1) is 11.8 Å². The molecule has 0 bridgehead atoms. The van der Waals surface area contributed by atoms with Gasteiger partial charge in [0.15, 0.2) is 0 Å². The molecule has 18 heavy (non-hydrogen) atoms. The van der Waals surface area contributed by atoms with Crippen LogP contribution in [0.1, 0.15) is 59.8 Å². The third-order valence-electron chi connectivity index (χ3n) is 2.72. The highest BCUT2D eigenvalue weighted by molar-refractivity contribution is 8.00. The number of carbonyl (C=O) groups is 1. The van der Waals surface area contributed by atoms with Crippen molar-refractivity contribution in [3.05, 3.63) is 0 Å². The van der Waals surface area contributed by atoms with Gasteiger partial charge in [0.2, 0.25) is 0 Å². The zero-order chi connectivity index (χ0) is 14.0. The van der Waals surface area contributed by atoms with Crippen LogP contribution in [0.15, 0.2) is 0 Å². The molecule has 0 aromatic carbocycles. The normalized spacial score (nSPS) is 14.6. The molecule has 0 radical (unpaired) electrons. The van der Waals surface area contributed by atoms with Crippen molar-refractivity contribution in [1.82, 2.24) is 0 Å². The minimum atomic E-state index is -0.526. The van der Waals surface area contributed by atoms with Crippen molar-refractivity contribution in [2.75, 3.05) is 6.61 Å². The summed E-state index contributed by atoms with van der Waals surface area (Å²) in [6.07, 6.45) is 5.45. The lowest BCUT2D eigenvalue weighted by Gasteiger charge is -2.21. The molecule has 0 rings (SSSR count). The second-order valence-electron chi connectivity index (χ2n) is 5.14. The van der Waals surface area contributed by atoms with Crippen molar-refractivity contribution >= 4 is 17.7 Å². The van der Waals surface area contributed by atoms with Gasteiger partial charge in [0.25, 0.3) is 0 Å². The van der Waals surface area contributed by atoms with E-state index in [1.807, 2.05) is 0 Å². The van der Waals surface area contributed by atoms with Crippen LogP contribution >= 0.6 is 11.8 Å². The summed E-state index contributed by atoms with van der Waals surface area (Å²) in [5.74, 6) is 0.0887. The van der Waals surface area contributed by atoms with Crippen molar-refractivity contribution in [3.8, 4) is 0 Å². The summed E-state index contributed by atoms with van der Waals surface area (Å²) in [7, 11) is 0. The molecule has 0 amide bonds. The monoisotopic (exact) mass is 276 g/mol.